The van der Waals surface area contributed by atoms with Gasteiger partial charge in [0, 0.05) is 0 Å². The number of ether oxygens (including phenoxy) is 1. The summed E-state index contributed by atoms with van der Waals surface area (Å²) in [5, 5.41) is 10.5. The van der Waals surface area contributed by atoms with Crippen LogP contribution in [0.15, 0.2) is 24.3 Å². The summed E-state index contributed by atoms with van der Waals surface area (Å²) in [5.41, 5.74) is 1.24. The van der Waals surface area contributed by atoms with Crippen molar-refractivity contribution in [3.63, 3.8) is 0 Å². The number of benzene rings is 1. The second-order valence-corrected chi connectivity index (χ2v) is 6.37. The Labute approximate surface area is 230 Å². The van der Waals surface area contributed by atoms with Crippen LogP contribution in [0.2, 0.25) is 0 Å². The van der Waals surface area contributed by atoms with Gasteiger partial charge in [-0.2, -0.15) is 7.82 Å². The maximum Gasteiger partial charge on any atom is 1.00 e. The van der Waals surface area contributed by atoms with Gasteiger partial charge in [-0.05, 0) is 24.5 Å². The van der Waals surface area contributed by atoms with Crippen molar-refractivity contribution >= 4 is 7.82 Å². The molecular formula is C17H27Na3O6P. The van der Waals surface area contributed by atoms with Crippen LogP contribution in [-0.2, 0) is 16.1 Å². The molecule has 139 valence electrons. The zero-order chi connectivity index (χ0) is 18.3. The van der Waals surface area contributed by atoms with Crippen molar-refractivity contribution in [3.8, 4) is 5.75 Å². The van der Waals surface area contributed by atoms with Crippen LogP contribution >= 0.6 is 7.82 Å². The molecule has 0 aliphatic heterocycles. The first-order chi connectivity index (χ1) is 11.4. The summed E-state index contributed by atoms with van der Waals surface area (Å²) in [6.45, 7) is 2.35. The Kier molecular flexibility index (Phi) is 32.9. The molecular weight excluding hydrogens is 400 g/mol. The summed E-state index contributed by atoms with van der Waals surface area (Å²) in [4.78, 5) is 25.6. The SMILES string of the molecule is CCCCCCCCCc1ccccc1OCC[O].O=P([O-])([O-])[O-].[Na+].[Na+].[Na+]. The van der Waals surface area contributed by atoms with Crippen LogP contribution in [0.3, 0.4) is 0 Å². The van der Waals surface area contributed by atoms with Crippen molar-refractivity contribution in [1.29, 1.82) is 0 Å². The number of aryl methyl sites for hydroxylation is 1. The second kappa shape index (κ2) is 24.4. The molecule has 1 aromatic carbocycles. The minimum absolute atomic E-state index is 0. The molecule has 10 heteroatoms. The van der Waals surface area contributed by atoms with Crippen molar-refractivity contribution in [2.24, 2.45) is 0 Å². The van der Waals surface area contributed by atoms with E-state index in [1.807, 2.05) is 18.2 Å². The normalized spacial score (nSPS) is 9.67. The van der Waals surface area contributed by atoms with Gasteiger partial charge >= 0.3 is 88.7 Å². The zero-order valence-electron chi connectivity index (χ0n) is 17.3. The summed E-state index contributed by atoms with van der Waals surface area (Å²) in [5.74, 6) is 0.893. The molecule has 0 amide bonds. The monoisotopic (exact) mass is 427 g/mol. The first-order valence-corrected chi connectivity index (χ1v) is 9.86. The molecule has 0 unspecified atom stereocenters. The summed E-state index contributed by atoms with van der Waals surface area (Å²) in [6.07, 6.45) is 10.3. The van der Waals surface area contributed by atoms with Gasteiger partial charge in [0.1, 0.15) is 19.0 Å². The number of para-hydroxylation sites is 1. The van der Waals surface area contributed by atoms with Crippen LogP contribution < -0.4 is 108 Å². The van der Waals surface area contributed by atoms with E-state index in [1.165, 1.54) is 50.5 Å². The van der Waals surface area contributed by atoms with Crippen molar-refractivity contribution in [1.82, 2.24) is 0 Å². The number of hydrogen-bond donors (Lipinski definition) is 0. The second-order valence-electron chi connectivity index (χ2n) is 5.48. The molecule has 0 aliphatic carbocycles. The van der Waals surface area contributed by atoms with E-state index in [0.717, 1.165) is 12.2 Å². The van der Waals surface area contributed by atoms with Gasteiger partial charge in [-0.15, -0.1) is 0 Å². The molecule has 0 bridgehead atoms. The Bertz CT molecular complexity index is 465. The van der Waals surface area contributed by atoms with E-state index >= 15 is 0 Å². The molecule has 0 aromatic heterocycles. The fraction of sp³-hybridized carbons (Fsp3) is 0.647. The van der Waals surface area contributed by atoms with Crippen LogP contribution in [0.5, 0.6) is 5.75 Å². The first kappa shape index (κ1) is 36.5. The summed E-state index contributed by atoms with van der Waals surface area (Å²) in [7, 11) is -5.39. The number of hydrogen-bond acceptors (Lipinski definition) is 5. The van der Waals surface area contributed by atoms with Crippen LogP contribution in [0.25, 0.3) is 0 Å². The van der Waals surface area contributed by atoms with E-state index in [-0.39, 0.29) is 102 Å². The fourth-order valence-electron chi connectivity index (χ4n) is 2.28. The predicted octanol–water partition coefficient (Wildman–Crippen LogP) is -7.02. The third-order valence-corrected chi connectivity index (χ3v) is 3.36. The van der Waals surface area contributed by atoms with E-state index in [2.05, 4.69) is 13.0 Å². The van der Waals surface area contributed by atoms with Crippen molar-refractivity contribution in [2.45, 2.75) is 58.3 Å². The summed E-state index contributed by atoms with van der Waals surface area (Å²) in [6, 6.07) is 8.08. The largest absolute Gasteiger partial charge is 1.00 e. The van der Waals surface area contributed by atoms with Gasteiger partial charge in [-0.1, -0.05) is 63.6 Å². The molecule has 6 nitrogen and oxygen atoms in total. The Balaban J connectivity index is -0.000000294. The van der Waals surface area contributed by atoms with Gasteiger partial charge in [0.15, 0.2) is 0 Å². The summed E-state index contributed by atoms with van der Waals surface area (Å²) < 4.78 is 14.0. The van der Waals surface area contributed by atoms with E-state index < -0.39 is 7.82 Å². The molecule has 0 heterocycles. The summed E-state index contributed by atoms with van der Waals surface area (Å²) >= 11 is 0. The smallest absolute Gasteiger partial charge is 0.822 e. The maximum absolute atomic E-state index is 10.5. The molecule has 1 aromatic rings. The molecule has 0 aliphatic rings. The quantitative estimate of drug-likeness (QED) is 0.198. The van der Waals surface area contributed by atoms with Crippen LogP contribution in [0.1, 0.15) is 57.4 Å². The van der Waals surface area contributed by atoms with E-state index in [4.69, 9.17) is 24.0 Å². The number of unbranched alkanes of at least 4 members (excludes halogenated alkanes) is 6. The molecule has 0 spiro atoms. The van der Waals surface area contributed by atoms with E-state index in [9.17, 15) is 5.11 Å². The minimum Gasteiger partial charge on any atom is -0.822 e. The van der Waals surface area contributed by atoms with Crippen molar-refractivity contribution in [2.75, 3.05) is 13.2 Å². The van der Waals surface area contributed by atoms with Crippen molar-refractivity contribution in [3.05, 3.63) is 29.8 Å². The molecule has 0 saturated heterocycles. The van der Waals surface area contributed by atoms with Crippen LogP contribution in [0.4, 0.5) is 0 Å². The molecule has 0 saturated carbocycles. The average molecular weight is 427 g/mol. The van der Waals surface area contributed by atoms with Crippen LogP contribution in [-0.4, -0.2) is 13.2 Å². The first-order valence-electron chi connectivity index (χ1n) is 8.40. The Hall–Kier alpha value is 2.09. The molecule has 0 fully saturated rings. The zero-order valence-corrected chi connectivity index (χ0v) is 24.2. The maximum atomic E-state index is 10.5. The van der Waals surface area contributed by atoms with E-state index in [0.29, 0.717) is 0 Å². The van der Waals surface area contributed by atoms with Gasteiger partial charge in [-0.3, -0.25) is 0 Å². The predicted molar refractivity (Wildman–Crippen MR) is 86.8 cm³/mol. The third kappa shape index (κ3) is 28.1. The van der Waals surface area contributed by atoms with Gasteiger partial charge in [0.05, 0.1) is 0 Å². The Morgan fingerprint density at radius 2 is 1.37 bits per heavy atom. The standard InChI is InChI=1S/C17H27O2.3Na.H3O4P/c1-2-3-4-5-6-7-8-11-16-12-9-10-13-17(16)19-15-14-18;;;;1-5(2,3)4/h9-10,12-13H,2-8,11,14-15H2,1H3;;;;(H3,1,2,3,4)/q;3*+1;/p-3. The van der Waals surface area contributed by atoms with Gasteiger partial charge in [0.25, 0.3) is 0 Å². The fourth-order valence-corrected chi connectivity index (χ4v) is 2.28. The average Bonchev–Trinajstić information content (AvgIpc) is 2.51. The molecule has 0 atom stereocenters. The molecule has 27 heavy (non-hydrogen) atoms. The number of phosphoric acid groups is 1. The topological polar surface area (TPSA) is 115 Å². The third-order valence-electron chi connectivity index (χ3n) is 3.36. The molecule has 0 N–H and O–H groups in total. The molecule has 1 rings (SSSR count). The van der Waals surface area contributed by atoms with Crippen LogP contribution in [0, 0.1) is 0 Å². The van der Waals surface area contributed by atoms with Gasteiger partial charge in [-0.25, -0.2) is 5.11 Å². The minimum atomic E-state index is -5.39. The molecule has 1 radical (unpaired) electrons. The Morgan fingerprint density at radius 1 is 0.889 bits per heavy atom. The van der Waals surface area contributed by atoms with Gasteiger partial charge < -0.3 is 24.0 Å². The van der Waals surface area contributed by atoms with Crippen molar-refractivity contribution < 1.29 is 118 Å². The number of rotatable bonds is 11. The van der Waals surface area contributed by atoms with Gasteiger partial charge in [0.2, 0.25) is 0 Å². The Morgan fingerprint density at radius 3 is 1.89 bits per heavy atom. The van der Waals surface area contributed by atoms with E-state index in [1.54, 1.807) is 0 Å².